The highest BCUT2D eigenvalue weighted by Gasteiger charge is 2.12. The maximum atomic E-state index is 11.7. The van der Waals surface area contributed by atoms with Gasteiger partial charge >= 0.3 is 5.97 Å². The maximum absolute atomic E-state index is 11.7. The topological polar surface area (TPSA) is 68.5 Å². The highest BCUT2D eigenvalue weighted by molar-refractivity contribution is 5.94. The van der Waals surface area contributed by atoms with E-state index in [-0.39, 0.29) is 18.3 Å². The number of carbonyl (C=O) groups excluding carboxylic acids is 2. The van der Waals surface area contributed by atoms with Crippen molar-refractivity contribution in [3.05, 3.63) is 54.0 Å². The zero-order chi connectivity index (χ0) is 15.8. The zero-order valence-corrected chi connectivity index (χ0v) is 12.5. The van der Waals surface area contributed by atoms with Crippen LogP contribution in [0.3, 0.4) is 0 Å². The van der Waals surface area contributed by atoms with Crippen LogP contribution in [-0.2, 0) is 16.0 Å². The smallest absolute Gasteiger partial charge is 0.374 e. The lowest BCUT2D eigenvalue weighted by atomic mass is 10.1. The number of amides is 1. The summed E-state index contributed by atoms with van der Waals surface area (Å²) in [4.78, 5) is 23.2. The molecule has 116 valence electrons. The second-order valence-electron chi connectivity index (χ2n) is 4.90. The van der Waals surface area contributed by atoms with Gasteiger partial charge in [0, 0.05) is 5.69 Å². The van der Waals surface area contributed by atoms with Crippen LogP contribution in [0.1, 0.15) is 35.9 Å². The van der Waals surface area contributed by atoms with Crippen LogP contribution in [-0.4, -0.2) is 18.5 Å². The summed E-state index contributed by atoms with van der Waals surface area (Å²) in [5, 5.41) is 2.68. The molecule has 22 heavy (non-hydrogen) atoms. The van der Waals surface area contributed by atoms with Crippen molar-refractivity contribution >= 4 is 17.6 Å². The highest BCUT2D eigenvalue weighted by Crippen LogP contribution is 2.12. The lowest BCUT2D eigenvalue weighted by Gasteiger charge is -2.07. The molecule has 0 radical (unpaired) electrons. The number of furan rings is 1. The molecule has 0 aliphatic rings. The van der Waals surface area contributed by atoms with Gasteiger partial charge in [0.05, 0.1) is 6.26 Å². The molecule has 0 aliphatic heterocycles. The Bertz CT molecular complexity index is 602. The molecule has 1 aromatic heterocycles. The number of nitrogens with one attached hydrogen (secondary N) is 1. The first-order valence-corrected chi connectivity index (χ1v) is 7.28. The Morgan fingerprint density at radius 3 is 2.59 bits per heavy atom. The number of hydrogen-bond donors (Lipinski definition) is 1. The number of rotatable bonds is 7. The van der Waals surface area contributed by atoms with Gasteiger partial charge in [-0.25, -0.2) is 4.79 Å². The molecule has 0 fully saturated rings. The van der Waals surface area contributed by atoms with Crippen LogP contribution in [0.25, 0.3) is 0 Å². The summed E-state index contributed by atoms with van der Waals surface area (Å²) in [5.74, 6) is -0.968. The van der Waals surface area contributed by atoms with Crippen LogP contribution in [0.4, 0.5) is 5.69 Å². The van der Waals surface area contributed by atoms with Crippen LogP contribution >= 0.6 is 0 Å². The standard InChI is InChI=1S/C17H19NO4/c1-2-3-5-13-7-9-14(10-8-13)18-16(19)12-22-17(20)15-6-4-11-21-15/h4,6-11H,2-3,5,12H2,1H3,(H,18,19). The van der Waals surface area contributed by atoms with E-state index < -0.39 is 5.97 Å². The van der Waals surface area contributed by atoms with Crippen molar-refractivity contribution in [2.45, 2.75) is 26.2 Å². The molecule has 0 spiro atoms. The van der Waals surface area contributed by atoms with Crippen molar-refractivity contribution in [2.75, 3.05) is 11.9 Å². The molecule has 5 nitrogen and oxygen atoms in total. The number of anilines is 1. The Balaban J connectivity index is 1.78. The minimum atomic E-state index is -0.657. The minimum Gasteiger partial charge on any atom is -0.457 e. The largest absolute Gasteiger partial charge is 0.457 e. The lowest BCUT2D eigenvalue weighted by molar-refractivity contribution is -0.119. The summed E-state index contributed by atoms with van der Waals surface area (Å²) < 4.78 is 9.74. The molecule has 1 amide bonds. The summed E-state index contributed by atoms with van der Waals surface area (Å²) in [5.41, 5.74) is 1.92. The SMILES string of the molecule is CCCCc1ccc(NC(=O)COC(=O)c2ccco2)cc1. The number of carbonyl (C=O) groups is 2. The molecule has 0 saturated heterocycles. The normalized spacial score (nSPS) is 10.2. The maximum Gasteiger partial charge on any atom is 0.374 e. The fourth-order valence-electron chi connectivity index (χ4n) is 1.93. The molecule has 1 N–H and O–H groups in total. The van der Waals surface area contributed by atoms with Crippen LogP contribution in [0.15, 0.2) is 47.1 Å². The minimum absolute atomic E-state index is 0.0769. The number of benzene rings is 1. The number of unbranched alkanes of at least 4 members (excludes halogenated alkanes) is 1. The Morgan fingerprint density at radius 1 is 1.18 bits per heavy atom. The van der Waals surface area contributed by atoms with Crippen molar-refractivity contribution in [3.8, 4) is 0 Å². The van der Waals surface area contributed by atoms with E-state index in [1.54, 1.807) is 6.07 Å². The van der Waals surface area contributed by atoms with Crippen molar-refractivity contribution in [1.29, 1.82) is 0 Å². The molecule has 0 saturated carbocycles. The quantitative estimate of drug-likeness (QED) is 0.796. The third-order valence-electron chi connectivity index (χ3n) is 3.11. The molecule has 2 aromatic rings. The number of ether oxygens (including phenoxy) is 1. The van der Waals surface area contributed by atoms with Crippen molar-refractivity contribution in [2.24, 2.45) is 0 Å². The zero-order valence-electron chi connectivity index (χ0n) is 12.5. The van der Waals surface area contributed by atoms with Gasteiger partial charge < -0.3 is 14.5 Å². The summed E-state index contributed by atoms with van der Waals surface area (Å²) in [6.07, 6.45) is 4.70. The van der Waals surface area contributed by atoms with Crippen LogP contribution in [0.2, 0.25) is 0 Å². The van der Waals surface area contributed by atoms with E-state index in [1.165, 1.54) is 17.9 Å². The van der Waals surface area contributed by atoms with Crippen molar-refractivity contribution in [1.82, 2.24) is 0 Å². The van der Waals surface area contributed by atoms with Gasteiger partial charge in [-0.3, -0.25) is 4.79 Å². The second kappa shape index (κ2) is 8.02. The van der Waals surface area contributed by atoms with E-state index in [9.17, 15) is 9.59 Å². The van der Waals surface area contributed by atoms with Gasteiger partial charge in [-0.05, 0) is 42.7 Å². The Hall–Kier alpha value is -2.56. The second-order valence-corrected chi connectivity index (χ2v) is 4.90. The van der Waals surface area contributed by atoms with Crippen LogP contribution < -0.4 is 5.32 Å². The Labute approximate surface area is 129 Å². The van der Waals surface area contributed by atoms with Crippen LogP contribution in [0.5, 0.6) is 0 Å². The van der Waals surface area contributed by atoms with E-state index >= 15 is 0 Å². The van der Waals surface area contributed by atoms with E-state index in [0.717, 1.165) is 19.3 Å². The van der Waals surface area contributed by atoms with Crippen molar-refractivity contribution < 1.29 is 18.7 Å². The monoisotopic (exact) mass is 301 g/mol. The van der Waals surface area contributed by atoms with Gasteiger partial charge in [0.2, 0.25) is 5.76 Å². The summed E-state index contributed by atoms with van der Waals surface area (Å²) in [7, 11) is 0. The average Bonchev–Trinajstić information content (AvgIpc) is 3.06. The summed E-state index contributed by atoms with van der Waals surface area (Å²) in [6.45, 7) is 1.80. The van der Waals surface area contributed by atoms with Gasteiger partial charge in [-0.15, -0.1) is 0 Å². The van der Waals surface area contributed by atoms with E-state index in [0.29, 0.717) is 5.69 Å². The molecular formula is C17H19NO4. The van der Waals surface area contributed by atoms with Gasteiger partial charge in [0.25, 0.3) is 5.91 Å². The number of esters is 1. The third kappa shape index (κ3) is 4.77. The third-order valence-corrected chi connectivity index (χ3v) is 3.11. The lowest BCUT2D eigenvalue weighted by Crippen LogP contribution is -2.20. The average molecular weight is 301 g/mol. The van der Waals surface area contributed by atoms with Crippen LogP contribution in [0, 0.1) is 0 Å². The predicted molar refractivity (Wildman–Crippen MR) is 82.7 cm³/mol. The highest BCUT2D eigenvalue weighted by atomic mass is 16.5. The predicted octanol–water partition coefficient (Wildman–Crippen LogP) is 3.42. The molecule has 0 atom stereocenters. The van der Waals surface area contributed by atoms with Gasteiger partial charge in [-0.1, -0.05) is 25.5 Å². The van der Waals surface area contributed by atoms with E-state index in [1.807, 2.05) is 24.3 Å². The first kappa shape index (κ1) is 15.8. The molecule has 1 aromatic carbocycles. The summed E-state index contributed by atoms with van der Waals surface area (Å²) in [6, 6.07) is 10.7. The number of hydrogen-bond acceptors (Lipinski definition) is 4. The molecule has 0 aliphatic carbocycles. The molecule has 0 bridgehead atoms. The van der Waals surface area contributed by atoms with Gasteiger partial charge in [0.1, 0.15) is 0 Å². The molecule has 5 heteroatoms. The van der Waals surface area contributed by atoms with Crippen molar-refractivity contribution in [3.63, 3.8) is 0 Å². The first-order valence-electron chi connectivity index (χ1n) is 7.28. The number of aryl methyl sites for hydroxylation is 1. The Kier molecular flexibility index (Phi) is 5.77. The molecule has 1 heterocycles. The molecule has 2 rings (SSSR count). The van der Waals surface area contributed by atoms with E-state index in [4.69, 9.17) is 9.15 Å². The van der Waals surface area contributed by atoms with Gasteiger partial charge in [0.15, 0.2) is 6.61 Å². The van der Waals surface area contributed by atoms with E-state index in [2.05, 4.69) is 12.2 Å². The molecular weight excluding hydrogens is 282 g/mol. The summed E-state index contributed by atoms with van der Waals surface area (Å²) >= 11 is 0. The fourth-order valence-corrected chi connectivity index (χ4v) is 1.93. The fraction of sp³-hybridized carbons (Fsp3) is 0.294. The Morgan fingerprint density at radius 2 is 1.95 bits per heavy atom. The van der Waals surface area contributed by atoms with Gasteiger partial charge in [-0.2, -0.15) is 0 Å². The molecule has 0 unspecified atom stereocenters. The first-order chi connectivity index (χ1) is 10.7.